The summed E-state index contributed by atoms with van der Waals surface area (Å²) in [5, 5.41) is 4.26. The van der Waals surface area contributed by atoms with Crippen LogP contribution in [0.3, 0.4) is 0 Å². The van der Waals surface area contributed by atoms with Crippen LogP contribution in [0, 0.1) is 0 Å². The van der Waals surface area contributed by atoms with Gasteiger partial charge in [-0.15, -0.1) is 0 Å². The van der Waals surface area contributed by atoms with Crippen LogP contribution < -0.4 is 35.9 Å². The Kier molecular flexibility index (Phi) is 6.83. The average molecular weight is 901 g/mol. The van der Waals surface area contributed by atoms with Crippen molar-refractivity contribution in [3.05, 3.63) is 218 Å². The summed E-state index contributed by atoms with van der Waals surface area (Å²) in [6.07, 6.45) is 0. The highest BCUT2D eigenvalue weighted by Gasteiger charge is 2.47. The molecule has 9 aromatic carbocycles. The molecule has 9 heteroatoms. The van der Waals surface area contributed by atoms with Gasteiger partial charge >= 0.3 is 0 Å². The fraction of sp³-hybridized carbons (Fsp3) is 0.0345. The van der Waals surface area contributed by atoms with Crippen LogP contribution in [-0.4, -0.2) is 44.1 Å². The molecule has 0 radical (unpaired) electrons. The first-order valence-corrected chi connectivity index (χ1v) is 26.4. The fourth-order valence-electron chi connectivity index (χ4n) is 11.0. The summed E-state index contributed by atoms with van der Waals surface area (Å²) in [5.74, 6) is 2.12. The minimum Gasteiger partial charge on any atom is -0.458 e. The Morgan fingerprint density at radius 2 is 0.955 bits per heavy atom. The Bertz CT molecular complexity index is 4320. The number of aromatic nitrogens is 6. The van der Waals surface area contributed by atoms with Crippen LogP contribution in [0.25, 0.3) is 67.1 Å². The molecule has 0 fully saturated rings. The Hall–Kier alpha value is -8.25. The number of rotatable bonds is 6. The Morgan fingerprint density at radius 3 is 1.64 bits per heavy atom. The van der Waals surface area contributed by atoms with Crippen molar-refractivity contribution in [2.45, 2.75) is 13.0 Å². The molecule has 318 valence electrons. The number of hydrogen-bond acceptors (Lipinski definition) is 3. The van der Waals surface area contributed by atoms with E-state index in [-0.39, 0.29) is 16.1 Å². The lowest BCUT2D eigenvalue weighted by atomic mass is 10.2. The molecule has 0 N–H and O–H groups in total. The van der Waals surface area contributed by atoms with Gasteiger partial charge in [-0.3, -0.25) is 17.9 Å². The number of ether oxygens (including phenoxy) is 1. The maximum absolute atomic E-state index is 9.21. The van der Waals surface area contributed by atoms with Crippen molar-refractivity contribution in [2.24, 2.45) is 0 Å². The van der Waals surface area contributed by atoms with Crippen molar-refractivity contribution in [3.8, 4) is 22.9 Å². The topological polar surface area (TPSA) is 53.7 Å². The van der Waals surface area contributed by atoms with Gasteiger partial charge in [0.05, 0.1) is 49.8 Å². The van der Waals surface area contributed by atoms with Gasteiger partial charge in [-0.1, -0.05) is 159 Å². The van der Waals surface area contributed by atoms with Gasteiger partial charge in [-0.25, -0.2) is 9.97 Å². The maximum atomic E-state index is 9.21. The van der Waals surface area contributed by atoms with Crippen molar-refractivity contribution >= 4 is 103 Å². The molecular weight excluding hydrogens is 853 g/mol. The van der Waals surface area contributed by atoms with Gasteiger partial charge in [0, 0.05) is 13.9 Å². The molecule has 0 saturated heterocycles. The zero-order valence-corrected chi connectivity index (χ0v) is 37.9. The lowest BCUT2D eigenvalue weighted by molar-refractivity contribution is 0.490. The minimum atomic E-state index is -4.66. The van der Waals surface area contributed by atoms with Crippen LogP contribution >= 0.6 is 0 Å². The lowest BCUT2D eigenvalue weighted by Crippen LogP contribution is -2.75. The predicted octanol–water partition coefficient (Wildman–Crippen LogP) is 9.48. The minimum absolute atomic E-state index is 0.248. The molecule has 0 aliphatic carbocycles. The summed E-state index contributed by atoms with van der Waals surface area (Å²) in [6.45, 7) is -5.73. The van der Waals surface area contributed by atoms with E-state index in [1.807, 2.05) is 78.9 Å². The molecule has 14 rings (SSSR count). The van der Waals surface area contributed by atoms with Crippen LogP contribution in [0.4, 0.5) is 0 Å². The standard InChI is InChI=1S/C58H42N6OSi2/c1-66(2)53-32-16-15-31-52(53)65-56-54(66)33-18-34-55(56)67(41-20-5-3-6-21-41,42-22-7-4-8-23-42)43-24-17-19-39(37-43)61-50-36-35-40(38-51(50)64-47-28-12-10-26-45(47)60-58(61)64)62-48-29-13-14-30-49(48)63-46-27-11-9-25-44(46)59-57(62)63/h3-38H,1-2H3/i1D3,2D3. The number of hydrogen-bond donors (Lipinski definition) is 0. The second-order valence-corrected chi connectivity index (χ2v) is 23.7. The van der Waals surface area contributed by atoms with E-state index in [9.17, 15) is 8.22 Å². The van der Waals surface area contributed by atoms with E-state index in [4.69, 9.17) is 14.7 Å². The Labute approximate surface area is 396 Å². The van der Waals surface area contributed by atoms with Crippen LogP contribution in [0.2, 0.25) is 13.0 Å². The quantitative estimate of drug-likeness (QED) is 0.124. The summed E-state index contributed by atoms with van der Waals surface area (Å²) >= 11 is 0. The van der Waals surface area contributed by atoms with Crippen molar-refractivity contribution in [1.82, 2.24) is 27.9 Å². The largest absolute Gasteiger partial charge is 0.458 e. The molecule has 1 aliphatic heterocycles. The molecule has 0 bridgehead atoms. The third-order valence-electron chi connectivity index (χ3n) is 13.8. The monoisotopic (exact) mass is 900 g/mol. The third-order valence-corrected chi connectivity index (χ3v) is 21.0. The maximum Gasteiger partial charge on any atom is 0.220 e. The zero-order valence-electron chi connectivity index (χ0n) is 41.9. The molecular formula is C58H42N6OSi2. The number of imidazole rings is 4. The molecule has 13 aromatic rings. The van der Waals surface area contributed by atoms with Crippen LogP contribution in [0.15, 0.2) is 218 Å². The third kappa shape index (κ3) is 5.26. The Balaban J connectivity index is 1.06. The summed E-state index contributed by atoms with van der Waals surface area (Å²) in [7, 11) is -8.29. The van der Waals surface area contributed by atoms with E-state index >= 15 is 0 Å². The average Bonchev–Trinajstić information content (AvgIpc) is 4.15. The first-order valence-electron chi connectivity index (χ1n) is 25.4. The highest BCUT2D eigenvalue weighted by molar-refractivity contribution is 7.20. The lowest BCUT2D eigenvalue weighted by Gasteiger charge is -2.40. The molecule has 5 heterocycles. The van der Waals surface area contributed by atoms with E-state index in [0.29, 0.717) is 5.75 Å². The first kappa shape index (κ1) is 32.4. The van der Waals surface area contributed by atoms with Gasteiger partial charge < -0.3 is 4.74 Å². The molecule has 7 nitrogen and oxygen atoms in total. The van der Waals surface area contributed by atoms with Crippen molar-refractivity contribution in [2.75, 3.05) is 0 Å². The van der Waals surface area contributed by atoms with Gasteiger partial charge in [-0.2, -0.15) is 0 Å². The number of para-hydroxylation sites is 8. The summed E-state index contributed by atoms with van der Waals surface area (Å²) in [4.78, 5) is 10.5. The van der Waals surface area contributed by atoms with Gasteiger partial charge in [0.2, 0.25) is 11.6 Å². The molecule has 1 aliphatic rings. The highest BCUT2D eigenvalue weighted by atomic mass is 28.3. The molecule has 0 atom stereocenters. The number of nitrogens with zero attached hydrogens (tertiary/aromatic N) is 6. The zero-order chi connectivity index (χ0) is 49.4. The number of fused-ring (bicyclic) bond motifs is 12. The fourth-order valence-corrected chi connectivity index (χ4v) is 18.0. The smallest absolute Gasteiger partial charge is 0.220 e. The summed E-state index contributed by atoms with van der Waals surface area (Å²) < 4.78 is 71.2. The van der Waals surface area contributed by atoms with Crippen LogP contribution in [0.1, 0.15) is 8.22 Å². The van der Waals surface area contributed by atoms with E-state index in [2.05, 4.69) is 127 Å². The normalized spacial score (nSPS) is 15.2. The molecule has 0 unspecified atom stereocenters. The van der Waals surface area contributed by atoms with Gasteiger partial charge in [0.15, 0.2) is 8.07 Å². The first-order chi connectivity index (χ1) is 35.5. The SMILES string of the molecule is [2H]C([2H])([2H])[Si]1(C([2H])([2H])[2H])c2ccccc2Oc2c([Si](c3ccccc3)(c3ccccc3)c3cccc(-n4c5ccc(-n6c7ccccc7n7c8ccccc8nc67)cc5n5c6ccccc6nc45)c3)cccc21. The Morgan fingerprint density at radius 1 is 0.433 bits per heavy atom. The van der Waals surface area contributed by atoms with E-state index in [1.54, 1.807) is 30.3 Å². The van der Waals surface area contributed by atoms with E-state index in [0.717, 1.165) is 87.8 Å². The van der Waals surface area contributed by atoms with Crippen molar-refractivity contribution < 1.29 is 13.0 Å². The van der Waals surface area contributed by atoms with Gasteiger partial charge in [0.25, 0.3) is 0 Å². The van der Waals surface area contributed by atoms with Gasteiger partial charge in [0.1, 0.15) is 19.6 Å². The second kappa shape index (κ2) is 14.1. The van der Waals surface area contributed by atoms with Crippen molar-refractivity contribution in [3.63, 3.8) is 0 Å². The second-order valence-electron chi connectivity index (χ2n) is 17.4. The van der Waals surface area contributed by atoms with Gasteiger partial charge in [-0.05, 0) is 104 Å². The molecule has 0 amide bonds. The molecule has 4 aromatic heterocycles. The van der Waals surface area contributed by atoms with Crippen molar-refractivity contribution in [1.29, 1.82) is 0 Å². The summed E-state index contributed by atoms with van der Waals surface area (Å²) in [6, 6.07) is 73.0. The molecule has 67 heavy (non-hydrogen) atoms. The predicted molar refractivity (Wildman–Crippen MR) is 280 cm³/mol. The number of benzene rings is 9. The molecule has 0 saturated carbocycles. The highest BCUT2D eigenvalue weighted by Crippen LogP contribution is 2.35. The van der Waals surface area contributed by atoms with E-state index < -0.39 is 29.1 Å². The molecule has 0 spiro atoms. The summed E-state index contributed by atoms with van der Waals surface area (Å²) in [5.41, 5.74) is 9.56. The van der Waals surface area contributed by atoms with Crippen LogP contribution in [0.5, 0.6) is 11.5 Å². The van der Waals surface area contributed by atoms with Crippen LogP contribution in [-0.2, 0) is 0 Å². The van der Waals surface area contributed by atoms with E-state index in [1.165, 1.54) is 0 Å².